The highest BCUT2D eigenvalue weighted by Crippen LogP contribution is 1.91. The van der Waals surface area contributed by atoms with Crippen LogP contribution in [0, 0.1) is 11.8 Å². The molecule has 0 amide bonds. The Morgan fingerprint density at radius 2 is 2.42 bits per heavy atom. The molecule has 0 aliphatic carbocycles. The molecule has 0 saturated heterocycles. The van der Waals surface area contributed by atoms with Crippen LogP contribution in [-0.2, 0) is 9.53 Å². The van der Waals surface area contributed by atoms with E-state index in [9.17, 15) is 4.79 Å². The SMILES string of the molecule is CCOC(=O)C#CCC(O)CCl. The standard InChI is InChI=1S/C8H11ClO3/c1-2-12-8(11)5-3-4-7(10)6-9/h7,10H,2,4,6H2,1H3. The van der Waals surface area contributed by atoms with Crippen LogP contribution in [0.2, 0.25) is 0 Å². The lowest BCUT2D eigenvalue weighted by atomic mass is 10.3. The van der Waals surface area contributed by atoms with Gasteiger partial charge in [0, 0.05) is 18.2 Å². The van der Waals surface area contributed by atoms with Gasteiger partial charge in [-0.15, -0.1) is 11.6 Å². The maximum absolute atomic E-state index is 10.6. The minimum atomic E-state index is -0.673. The van der Waals surface area contributed by atoms with Crippen LogP contribution in [0.15, 0.2) is 0 Å². The molecular formula is C8H11ClO3. The monoisotopic (exact) mass is 190 g/mol. The molecule has 0 radical (unpaired) electrons. The lowest BCUT2D eigenvalue weighted by molar-refractivity contribution is -0.136. The molecule has 3 nitrogen and oxygen atoms in total. The second-order valence-corrected chi connectivity index (χ2v) is 2.34. The van der Waals surface area contributed by atoms with Crippen LogP contribution >= 0.6 is 11.6 Å². The molecule has 1 N–H and O–H groups in total. The van der Waals surface area contributed by atoms with Gasteiger partial charge in [-0.05, 0) is 6.92 Å². The van der Waals surface area contributed by atoms with Crippen molar-refractivity contribution in [2.75, 3.05) is 12.5 Å². The molecule has 0 rings (SSSR count). The summed E-state index contributed by atoms with van der Waals surface area (Å²) in [6.07, 6.45) is -0.476. The van der Waals surface area contributed by atoms with Gasteiger partial charge in [0.2, 0.25) is 0 Å². The molecule has 1 atom stereocenters. The first-order chi connectivity index (χ1) is 5.70. The number of esters is 1. The van der Waals surface area contributed by atoms with E-state index in [1.807, 2.05) is 0 Å². The van der Waals surface area contributed by atoms with Gasteiger partial charge in [-0.2, -0.15) is 0 Å². The molecule has 68 valence electrons. The first-order valence-corrected chi connectivity index (χ1v) is 4.13. The summed E-state index contributed by atoms with van der Waals surface area (Å²) in [5.41, 5.74) is 0. The number of aliphatic hydroxyl groups is 1. The van der Waals surface area contributed by atoms with Crippen molar-refractivity contribution in [3.63, 3.8) is 0 Å². The van der Waals surface area contributed by atoms with Gasteiger partial charge in [0.15, 0.2) is 0 Å². The lowest BCUT2D eigenvalue weighted by Gasteiger charge is -1.97. The van der Waals surface area contributed by atoms with Gasteiger partial charge < -0.3 is 9.84 Å². The van der Waals surface area contributed by atoms with E-state index in [0.717, 1.165) is 0 Å². The maximum atomic E-state index is 10.6. The number of carbonyl (C=O) groups is 1. The summed E-state index contributed by atoms with van der Waals surface area (Å²) in [4.78, 5) is 10.6. The van der Waals surface area contributed by atoms with Crippen LogP contribution in [0.25, 0.3) is 0 Å². The summed E-state index contributed by atoms with van der Waals surface area (Å²) in [6, 6.07) is 0. The zero-order valence-corrected chi connectivity index (χ0v) is 7.60. The van der Waals surface area contributed by atoms with Gasteiger partial charge in [0.25, 0.3) is 0 Å². The molecule has 12 heavy (non-hydrogen) atoms. The molecule has 0 aromatic heterocycles. The first-order valence-electron chi connectivity index (χ1n) is 3.60. The van der Waals surface area contributed by atoms with Crippen molar-refractivity contribution in [3.05, 3.63) is 0 Å². The summed E-state index contributed by atoms with van der Waals surface area (Å²) in [5, 5.41) is 8.91. The Balaban J connectivity index is 3.65. The number of halogens is 1. The quantitative estimate of drug-likeness (QED) is 0.306. The van der Waals surface area contributed by atoms with E-state index in [-0.39, 0.29) is 12.3 Å². The molecular weight excluding hydrogens is 180 g/mol. The van der Waals surface area contributed by atoms with E-state index in [1.54, 1.807) is 6.92 Å². The number of rotatable bonds is 3. The zero-order valence-electron chi connectivity index (χ0n) is 6.84. The number of hydrogen-bond donors (Lipinski definition) is 1. The number of alkyl halides is 1. The van der Waals surface area contributed by atoms with E-state index in [1.165, 1.54) is 0 Å². The second-order valence-electron chi connectivity index (χ2n) is 2.03. The van der Waals surface area contributed by atoms with Crippen molar-refractivity contribution in [3.8, 4) is 11.8 Å². The molecule has 0 bridgehead atoms. The number of ether oxygens (including phenoxy) is 1. The average molecular weight is 191 g/mol. The summed E-state index contributed by atoms with van der Waals surface area (Å²) in [6.45, 7) is 2.01. The van der Waals surface area contributed by atoms with Gasteiger partial charge in [0.05, 0.1) is 12.7 Å². The Labute approximate surface area is 76.7 Å². The van der Waals surface area contributed by atoms with Crippen LogP contribution in [-0.4, -0.2) is 29.7 Å². The normalized spacial score (nSPS) is 11.2. The van der Waals surface area contributed by atoms with Crippen LogP contribution in [0.1, 0.15) is 13.3 Å². The Bertz CT molecular complexity index is 192. The fourth-order valence-electron chi connectivity index (χ4n) is 0.463. The van der Waals surface area contributed by atoms with Crippen LogP contribution in [0.5, 0.6) is 0 Å². The molecule has 0 saturated carbocycles. The van der Waals surface area contributed by atoms with E-state index in [4.69, 9.17) is 16.7 Å². The van der Waals surface area contributed by atoms with Crippen molar-refractivity contribution in [2.45, 2.75) is 19.4 Å². The van der Waals surface area contributed by atoms with Crippen molar-refractivity contribution < 1.29 is 14.6 Å². The van der Waals surface area contributed by atoms with Gasteiger partial charge in [-0.25, -0.2) is 4.79 Å². The summed E-state index contributed by atoms with van der Waals surface area (Å²) >= 11 is 5.29. The smallest absolute Gasteiger partial charge is 0.384 e. The van der Waals surface area contributed by atoms with Crippen LogP contribution in [0.4, 0.5) is 0 Å². The summed E-state index contributed by atoms with van der Waals surface area (Å²) in [5.74, 6) is 4.23. The predicted octanol–water partition coefficient (Wildman–Crippen LogP) is 0.543. The van der Waals surface area contributed by atoms with Crippen molar-refractivity contribution in [2.24, 2.45) is 0 Å². The highest BCUT2D eigenvalue weighted by Gasteiger charge is 1.98. The largest absolute Gasteiger partial charge is 0.456 e. The fourth-order valence-corrected chi connectivity index (χ4v) is 0.572. The second kappa shape index (κ2) is 6.96. The van der Waals surface area contributed by atoms with E-state index in [2.05, 4.69) is 16.6 Å². The van der Waals surface area contributed by atoms with Crippen molar-refractivity contribution >= 4 is 17.6 Å². The molecule has 0 aromatic rings. The highest BCUT2D eigenvalue weighted by molar-refractivity contribution is 6.18. The highest BCUT2D eigenvalue weighted by atomic mass is 35.5. The number of hydrogen-bond acceptors (Lipinski definition) is 3. The Morgan fingerprint density at radius 3 is 2.92 bits per heavy atom. The third-order valence-electron chi connectivity index (χ3n) is 0.982. The minimum Gasteiger partial charge on any atom is -0.456 e. The molecule has 4 heteroatoms. The molecule has 0 aliphatic rings. The van der Waals surface area contributed by atoms with Gasteiger partial charge in [0.1, 0.15) is 0 Å². The lowest BCUT2D eigenvalue weighted by Crippen LogP contribution is -2.06. The fraction of sp³-hybridized carbons (Fsp3) is 0.625. The van der Waals surface area contributed by atoms with E-state index >= 15 is 0 Å². The molecule has 0 aliphatic heterocycles. The van der Waals surface area contributed by atoms with Gasteiger partial charge >= 0.3 is 5.97 Å². The molecule has 0 fully saturated rings. The van der Waals surface area contributed by atoms with Crippen LogP contribution in [0.3, 0.4) is 0 Å². The van der Waals surface area contributed by atoms with Crippen LogP contribution < -0.4 is 0 Å². The molecule has 1 unspecified atom stereocenters. The first kappa shape index (κ1) is 11.3. The average Bonchev–Trinajstić information content (AvgIpc) is 2.04. The third kappa shape index (κ3) is 6.02. The molecule has 0 aromatic carbocycles. The number of aliphatic hydroxyl groups excluding tert-OH is 1. The Hall–Kier alpha value is -0.720. The van der Waals surface area contributed by atoms with E-state index < -0.39 is 12.1 Å². The van der Waals surface area contributed by atoms with Gasteiger partial charge in [-0.1, -0.05) is 5.92 Å². The predicted molar refractivity (Wildman–Crippen MR) is 45.8 cm³/mol. The topological polar surface area (TPSA) is 46.5 Å². The Kier molecular flexibility index (Phi) is 6.54. The molecule has 0 heterocycles. The molecule has 0 spiro atoms. The van der Waals surface area contributed by atoms with Crippen molar-refractivity contribution in [1.82, 2.24) is 0 Å². The Morgan fingerprint density at radius 1 is 1.75 bits per heavy atom. The maximum Gasteiger partial charge on any atom is 0.384 e. The summed E-state index contributed by atoms with van der Waals surface area (Å²) < 4.78 is 4.53. The van der Waals surface area contributed by atoms with Crippen molar-refractivity contribution in [1.29, 1.82) is 0 Å². The zero-order chi connectivity index (χ0) is 9.40. The van der Waals surface area contributed by atoms with E-state index in [0.29, 0.717) is 6.61 Å². The minimum absolute atomic E-state index is 0.123. The summed E-state index contributed by atoms with van der Waals surface area (Å²) in [7, 11) is 0. The number of carbonyl (C=O) groups excluding carboxylic acids is 1. The van der Waals surface area contributed by atoms with Gasteiger partial charge in [-0.3, -0.25) is 0 Å². The third-order valence-corrected chi connectivity index (χ3v) is 1.34.